The Morgan fingerprint density at radius 3 is 2.62 bits per heavy atom. The van der Waals surface area contributed by atoms with Crippen LogP contribution in [0.4, 0.5) is 11.5 Å². The molecule has 4 heteroatoms. The molecule has 0 aliphatic rings. The standard InChI is InChI=1S/C12H18N4/c1-8(2)12-14-11(13)10-7-9(15(3)4)5-6-16(10)12/h5-8H,13H2,1-4H3. The van der Waals surface area contributed by atoms with Crippen molar-refractivity contribution in [3.05, 3.63) is 24.2 Å². The van der Waals surface area contributed by atoms with Crippen LogP contribution in [0.15, 0.2) is 18.3 Å². The summed E-state index contributed by atoms with van der Waals surface area (Å²) in [5, 5.41) is 0. The molecule has 2 N–H and O–H groups in total. The third-order valence-corrected chi connectivity index (χ3v) is 2.72. The molecular weight excluding hydrogens is 200 g/mol. The quantitative estimate of drug-likeness (QED) is 0.839. The van der Waals surface area contributed by atoms with E-state index < -0.39 is 0 Å². The van der Waals surface area contributed by atoms with Gasteiger partial charge in [-0.15, -0.1) is 0 Å². The number of nitrogens with two attached hydrogens (primary N) is 1. The molecule has 2 rings (SSSR count). The van der Waals surface area contributed by atoms with E-state index in [0.29, 0.717) is 11.7 Å². The lowest BCUT2D eigenvalue weighted by molar-refractivity contribution is 0.771. The highest BCUT2D eigenvalue weighted by Crippen LogP contribution is 2.24. The van der Waals surface area contributed by atoms with Gasteiger partial charge in [0.15, 0.2) is 0 Å². The number of hydrogen-bond acceptors (Lipinski definition) is 3. The molecule has 0 fully saturated rings. The number of imidazole rings is 1. The van der Waals surface area contributed by atoms with E-state index in [1.807, 2.05) is 20.3 Å². The molecule has 0 atom stereocenters. The SMILES string of the molecule is CC(C)c1nc(N)c2cc(N(C)C)ccn12. The van der Waals surface area contributed by atoms with Crippen LogP contribution >= 0.6 is 0 Å². The molecular formula is C12H18N4. The Labute approximate surface area is 95.7 Å². The molecule has 86 valence electrons. The molecule has 0 spiro atoms. The van der Waals surface area contributed by atoms with Gasteiger partial charge >= 0.3 is 0 Å². The van der Waals surface area contributed by atoms with E-state index in [1.54, 1.807) is 0 Å². The van der Waals surface area contributed by atoms with E-state index in [2.05, 4.69) is 40.3 Å². The summed E-state index contributed by atoms with van der Waals surface area (Å²) < 4.78 is 2.06. The monoisotopic (exact) mass is 218 g/mol. The van der Waals surface area contributed by atoms with Crippen molar-refractivity contribution < 1.29 is 0 Å². The van der Waals surface area contributed by atoms with Crippen molar-refractivity contribution in [2.45, 2.75) is 19.8 Å². The highest BCUT2D eigenvalue weighted by molar-refractivity contribution is 5.71. The highest BCUT2D eigenvalue weighted by Gasteiger charge is 2.12. The predicted octanol–water partition coefficient (Wildman–Crippen LogP) is 2.11. The number of fused-ring (bicyclic) bond motifs is 1. The first-order chi connectivity index (χ1) is 7.50. The van der Waals surface area contributed by atoms with Gasteiger partial charge in [-0.25, -0.2) is 4.98 Å². The van der Waals surface area contributed by atoms with Crippen molar-refractivity contribution in [2.75, 3.05) is 24.7 Å². The zero-order chi connectivity index (χ0) is 11.9. The van der Waals surface area contributed by atoms with Gasteiger partial charge in [0.1, 0.15) is 11.6 Å². The van der Waals surface area contributed by atoms with E-state index in [4.69, 9.17) is 5.73 Å². The van der Waals surface area contributed by atoms with Crippen LogP contribution in [0.3, 0.4) is 0 Å². The summed E-state index contributed by atoms with van der Waals surface area (Å²) in [7, 11) is 4.03. The minimum Gasteiger partial charge on any atom is -0.382 e. The molecule has 0 aliphatic heterocycles. The van der Waals surface area contributed by atoms with Crippen LogP contribution in [-0.4, -0.2) is 23.5 Å². The zero-order valence-electron chi connectivity index (χ0n) is 10.2. The molecule has 0 bridgehead atoms. The van der Waals surface area contributed by atoms with Gasteiger partial charge in [0.2, 0.25) is 0 Å². The average Bonchev–Trinajstić information content (AvgIpc) is 2.56. The van der Waals surface area contributed by atoms with Crippen LogP contribution < -0.4 is 10.6 Å². The second-order valence-electron chi connectivity index (χ2n) is 4.54. The molecule has 0 unspecified atom stereocenters. The van der Waals surface area contributed by atoms with Crippen LogP contribution in [0.5, 0.6) is 0 Å². The second-order valence-corrected chi connectivity index (χ2v) is 4.54. The maximum Gasteiger partial charge on any atom is 0.149 e. The lowest BCUT2D eigenvalue weighted by atomic mass is 10.2. The van der Waals surface area contributed by atoms with E-state index in [0.717, 1.165) is 17.0 Å². The first-order valence-electron chi connectivity index (χ1n) is 5.45. The Hall–Kier alpha value is -1.71. The Bertz CT molecular complexity index is 511. The van der Waals surface area contributed by atoms with E-state index in [-0.39, 0.29) is 0 Å². The summed E-state index contributed by atoms with van der Waals surface area (Å²) in [6.07, 6.45) is 2.03. The van der Waals surface area contributed by atoms with E-state index >= 15 is 0 Å². The first kappa shape index (κ1) is 10.8. The van der Waals surface area contributed by atoms with Crippen molar-refractivity contribution in [2.24, 2.45) is 0 Å². The number of nitrogens with zero attached hydrogens (tertiary/aromatic N) is 3. The van der Waals surface area contributed by atoms with Crippen molar-refractivity contribution >= 4 is 17.0 Å². The molecule has 2 aromatic heterocycles. The van der Waals surface area contributed by atoms with Crippen molar-refractivity contribution in [3.8, 4) is 0 Å². The molecule has 2 heterocycles. The number of pyridine rings is 1. The number of anilines is 2. The Morgan fingerprint density at radius 1 is 1.38 bits per heavy atom. The Morgan fingerprint density at radius 2 is 2.06 bits per heavy atom. The Kier molecular flexibility index (Phi) is 2.50. The molecule has 0 radical (unpaired) electrons. The molecule has 2 aromatic rings. The maximum atomic E-state index is 5.93. The first-order valence-corrected chi connectivity index (χ1v) is 5.45. The summed E-state index contributed by atoms with van der Waals surface area (Å²) >= 11 is 0. The normalized spacial score (nSPS) is 11.3. The smallest absolute Gasteiger partial charge is 0.149 e. The Balaban J connectivity index is 2.67. The van der Waals surface area contributed by atoms with Crippen LogP contribution in [-0.2, 0) is 0 Å². The van der Waals surface area contributed by atoms with E-state index in [1.165, 1.54) is 0 Å². The summed E-state index contributed by atoms with van der Waals surface area (Å²) in [4.78, 5) is 6.47. The average molecular weight is 218 g/mol. The van der Waals surface area contributed by atoms with Crippen LogP contribution in [0, 0.1) is 0 Å². The second kappa shape index (κ2) is 3.70. The molecule has 0 aliphatic carbocycles. The summed E-state index contributed by atoms with van der Waals surface area (Å²) in [6.45, 7) is 4.24. The molecule has 0 aromatic carbocycles. The predicted molar refractivity (Wildman–Crippen MR) is 68.0 cm³/mol. The van der Waals surface area contributed by atoms with Crippen molar-refractivity contribution in [3.63, 3.8) is 0 Å². The zero-order valence-corrected chi connectivity index (χ0v) is 10.2. The third-order valence-electron chi connectivity index (χ3n) is 2.72. The fraction of sp³-hybridized carbons (Fsp3) is 0.417. The summed E-state index contributed by atoms with van der Waals surface area (Å²) in [5.74, 6) is 1.99. The minimum absolute atomic E-state index is 0.370. The molecule has 16 heavy (non-hydrogen) atoms. The fourth-order valence-corrected chi connectivity index (χ4v) is 1.81. The summed E-state index contributed by atoms with van der Waals surface area (Å²) in [5.41, 5.74) is 8.05. The molecule has 4 nitrogen and oxygen atoms in total. The van der Waals surface area contributed by atoms with Gasteiger partial charge in [-0.05, 0) is 12.1 Å². The van der Waals surface area contributed by atoms with E-state index in [9.17, 15) is 0 Å². The van der Waals surface area contributed by atoms with Crippen LogP contribution in [0.1, 0.15) is 25.6 Å². The third kappa shape index (κ3) is 1.60. The number of nitrogen functional groups attached to an aromatic ring is 1. The van der Waals surface area contributed by atoms with Crippen LogP contribution in [0.25, 0.3) is 5.52 Å². The van der Waals surface area contributed by atoms with Gasteiger partial charge in [-0.3, -0.25) is 0 Å². The van der Waals surface area contributed by atoms with Crippen molar-refractivity contribution in [1.29, 1.82) is 0 Å². The highest BCUT2D eigenvalue weighted by atomic mass is 15.1. The molecule has 0 saturated carbocycles. The topological polar surface area (TPSA) is 46.6 Å². The summed E-state index contributed by atoms with van der Waals surface area (Å²) in [6, 6.07) is 4.13. The lowest BCUT2D eigenvalue weighted by Gasteiger charge is -2.13. The maximum absolute atomic E-state index is 5.93. The van der Waals surface area contributed by atoms with Crippen LogP contribution in [0.2, 0.25) is 0 Å². The van der Waals surface area contributed by atoms with Gasteiger partial charge in [-0.1, -0.05) is 13.8 Å². The number of hydrogen-bond donors (Lipinski definition) is 1. The number of rotatable bonds is 2. The van der Waals surface area contributed by atoms with Gasteiger partial charge in [0.05, 0.1) is 5.52 Å². The minimum atomic E-state index is 0.370. The van der Waals surface area contributed by atoms with Gasteiger partial charge in [0, 0.05) is 31.9 Å². The van der Waals surface area contributed by atoms with Gasteiger partial charge < -0.3 is 15.0 Å². The van der Waals surface area contributed by atoms with Gasteiger partial charge in [-0.2, -0.15) is 0 Å². The molecule has 0 amide bonds. The van der Waals surface area contributed by atoms with Gasteiger partial charge in [0.25, 0.3) is 0 Å². The van der Waals surface area contributed by atoms with Crippen molar-refractivity contribution in [1.82, 2.24) is 9.38 Å². The lowest BCUT2D eigenvalue weighted by Crippen LogP contribution is -2.09. The largest absolute Gasteiger partial charge is 0.382 e. The fourth-order valence-electron chi connectivity index (χ4n) is 1.81. The molecule has 0 saturated heterocycles. The number of aromatic nitrogens is 2.